The van der Waals surface area contributed by atoms with Gasteiger partial charge in [-0.3, -0.25) is 0 Å². The number of carboxylic acids is 1. The third-order valence-electron chi connectivity index (χ3n) is 2.20. The lowest BCUT2D eigenvalue weighted by molar-refractivity contribution is -0.164. The molecule has 0 aromatic rings. The first-order chi connectivity index (χ1) is 6.07. The van der Waals surface area contributed by atoms with E-state index in [-0.39, 0.29) is 0 Å². The normalized spacial score (nSPS) is 28.2. The zero-order valence-corrected chi connectivity index (χ0v) is 8.17. The largest absolute Gasteiger partial charge is 0.479 e. The molecule has 1 rings (SSSR count). The highest BCUT2D eigenvalue weighted by molar-refractivity contribution is 5.78. The minimum Gasteiger partial charge on any atom is -0.479 e. The van der Waals surface area contributed by atoms with Crippen molar-refractivity contribution in [2.75, 3.05) is 19.7 Å². The van der Waals surface area contributed by atoms with Gasteiger partial charge in [0.2, 0.25) is 0 Å². The second-order valence-electron chi connectivity index (χ2n) is 3.93. The number of hydrogen-bond donors (Lipinski definition) is 2. The minimum atomic E-state index is -0.968. The predicted octanol–water partition coefficient (Wildman–Crippen LogP) is 0.476. The minimum absolute atomic E-state index is 0.372. The molecule has 0 bridgehead atoms. The van der Waals surface area contributed by atoms with Gasteiger partial charge < -0.3 is 15.2 Å². The van der Waals surface area contributed by atoms with E-state index in [1.54, 1.807) is 0 Å². The topological polar surface area (TPSA) is 58.6 Å². The van der Waals surface area contributed by atoms with E-state index in [4.69, 9.17) is 9.84 Å². The van der Waals surface area contributed by atoms with Crippen molar-refractivity contribution in [2.45, 2.75) is 25.9 Å². The van der Waals surface area contributed by atoms with Gasteiger partial charge in [0.05, 0.1) is 6.61 Å². The second kappa shape index (κ2) is 4.07. The second-order valence-corrected chi connectivity index (χ2v) is 3.93. The molecular formula is C9H17NO3. The molecule has 0 amide bonds. The van der Waals surface area contributed by atoms with E-state index in [0.29, 0.717) is 25.5 Å². The maximum atomic E-state index is 11.0. The molecule has 1 fully saturated rings. The van der Waals surface area contributed by atoms with E-state index in [2.05, 4.69) is 5.32 Å². The molecule has 1 aliphatic heterocycles. The van der Waals surface area contributed by atoms with Crippen molar-refractivity contribution in [3.05, 3.63) is 0 Å². The Morgan fingerprint density at radius 2 is 2.38 bits per heavy atom. The van der Waals surface area contributed by atoms with Gasteiger partial charge in [-0.2, -0.15) is 0 Å². The number of nitrogens with one attached hydrogen (secondary N) is 1. The fraction of sp³-hybridized carbons (Fsp3) is 0.889. The molecule has 0 aliphatic carbocycles. The summed E-state index contributed by atoms with van der Waals surface area (Å²) in [6.07, 6.45) is 0.565. The predicted molar refractivity (Wildman–Crippen MR) is 48.6 cm³/mol. The molecule has 0 aromatic heterocycles. The third kappa shape index (κ3) is 2.42. The first-order valence-corrected chi connectivity index (χ1v) is 4.65. The Balaban J connectivity index is 2.52. The Hall–Kier alpha value is -0.610. The fourth-order valence-electron chi connectivity index (χ4n) is 1.36. The summed E-state index contributed by atoms with van der Waals surface area (Å²) in [7, 11) is 0. The molecule has 1 aliphatic rings. The zero-order chi connectivity index (χ0) is 9.90. The van der Waals surface area contributed by atoms with Gasteiger partial charge in [0.1, 0.15) is 0 Å². The van der Waals surface area contributed by atoms with Crippen molar-refractivity contribution >= 4 is 5.97 Å². The molecule has 1 saturated heterocycles. The smallest absolute Gasteiger partial charge is 0.337 e. The summed E-state index contributed by atoms with van der Waals surface area (Å²) in [5.74, 6) is -0.477. The highest BCUT2D eigenvalue weighted by Gasteiger charge is 2.42. The molecule has 0 radical (unpaired) electrons. The van der Waals surface area contributed by atoms with Gasteiger partial charge in [0, 0.05) is 13.0 Å². The number of carbonyl (C=O) groups is 1. The number of ether oxygens (including phenoxy) is 1. The molecule has 1 atom stereocenters. The lowest BCUT2D eigenvalue weighted by Crippen LogP contribution is -2.44. The average Bonchev–Trinajstić information content (AvgIpc) is 2.50. The van der Waals surface area contributed by atoms with Crippen LogP contribution in [0.4, 0.5) is 0 Å². The van der Waals surface area contributed by atoms with Crippen LogP contribution in [-0.4, -0.2) is 36.4 Å². The summed E-state index contributed by atoms with van der Waals surface area (Å²) in [6, 6.07) is 0. The van der Waals surface area contributed by atoms with Crippen molar-refractivity contribution in [1.29, 1.82) is 0 Å². The van der Waals surface area contributed by atoms with E-state index in [1.165, 1.54) is 0 Å². The van der Waals surface area contributed by atoms with Crippen LogP contribution in [0.3, 0.4) is 0 Å². The highest BCUT2D eigenvalue weighted by Crippen LogP contribution is 2.20. The van der Waals surface area contributed by atoms with E-state index in [1.807, 2.05) is 13.8 Å². The summed E-state index contributed by atoms with van der Waals surface area (Å²) < 4.78 is 5.45. The number of aliphatic carboxylic acids is 1. The fourth-order valence-corrected chi connectivity index (χ4v) is 1.36. The lowest BCUT2D eigenvalue weighted by atomic mass is 10.0. The van der Waals surface area contributed by atoms with Crippen LogP contribution in [0.15, 0.2) is 0 Å². The van der Waals surface area contributed by atoms with Crippen molar-refractivity contribution < 1.29 is 14.6 Å². The third-order valence-corrected chi connectivity index (χ3v) is 2.20. The molecule has 0 saturated carbocycles. The van der Waals surface area contributed by atoms with Crippen molar-refractivity contribution in [2.24, 2.45) is 5.92 Å². The van der Waals surface area contributed by atoms with Crippen LogP contribution in [0.2, 0.25) is 0 Å². The molecule has 4 heteroatoms. The van der Waals surface area contributed by atoms with Gasteiger partial charge in [-0.25, -0.2) is 4.79 Å². The Morgan fingerprint density at radius 1 is 1.69 bits per heavy atom. The molecule has 4 nitrogen and oxygen atoms in total. The molecular weight excluding hydrogens is 170 g/mol. The van der Waals surface area contributed by atoms with Crippen LogP contribution < -0.4 is 5.32 Å². The van der Waals surface area contributed by atoms with Crippen LogP contribution in [0.5, 0.6) is 0 Å². The van der Waals surface area contributed by atoms with Crippen molar-refractivity contribution in [3.63, 3.8) is 0 Å². The summed E-state index contributed by atoms with van der Waals surface area (Å²) in [5.41, 5.74) is -0.968. The molecule has 13 heavy (non-hydrogen) atoms. The highest BCUT2D eigenvalue weighted by atomic mass is 16.5. The van der Waals surface area contributed by atoms with Gasteiger partial charge in [-0.15, -0.1) is 0 Å². The Kier molecular flexibility index (Phi) is 3.27. The van der Waals surface area contributed by atoms with Gasteiger partial charge in [0.25, 0.3) is 0 Å². The Bertz CT molecular complexity index is 185. The monoisotopic (exact) mass is 187 g/mol. The molecule has 0 aromatic carbocycles. The molecule has 0 spiro atoms. The maximum Gasteiger partial charge on any atom is 0.337 e. The summed E-state index contributed by atoms with van der Waals surface area (Å²) >= 11 is 0. The number of carboxylic acid groups (broad SMARTS) is 1. The van der Waals surface area contributed by atoms with Gasteiger partial charge in [-0.05, 0) is 12.5 Å². The average molecular weight is 187 g/mol. The summed E-state index contributed by atoms with van der Waals surface area (Å²) in [5, 5.41) is 12.0. The van der Waals surface area contributed by atoms with Gasteiger partial charge in [0.15, 0.2) is 5.60 Å². The maximum absolute atomic E-state index is 11.0. The molecule has 76 valence electrons. The number of hydrogen-bond acceptors (Lipinski definition) is 3. The van der Waals surface area contributed by atoms with Crippen LogP contribution in [0.1, 0.15) is 20.3 Å². The van der Waals surface area contributed by atoms with Crippen LogP contribution in [0.25, 0.3) is 0 Å². The first kappa shape index (κ1) is 10.5. The van der Waals surface area contributed by atoms with Crippen LogP contribution in [-0.2, 0) is 9.53 Å². The quantitative estimate of drug-likeness (QED) is 0.672. The first-order valence-electron chi connectivity index (χ1n) is 4.65. The standard InChI is InChI=1S/C9H17NO3/c1-7(2)5-13-9(8(11)12)3-4-10-6-9/h7,10H,3-6H2,1-2H3,(H,11,12). The SMILES string of the molecule is CC(C)COC1(C(=O)O)CCNC1. The summed E-state index contributed by atoms with van der Waals surface area (Å²) in [4.78, 5) is 11.0. The Labute approximate surface area is 78.3 Å². The van der Waals surface area contributed by atoms with E-state index >= 15 is 0 Å². The lowest BCUT2D eigenvalue weighted by Gasteiger charge is -2.24. The summed E-state index contributed by atoms with van der Waals surface area (Å²) in [6.45, 7) is 5.68. The number of rotatable bonds is 4. The van der Waals surface area contributed by atoms with E-state index in [0.717, 1.165) is 6.54 Å². The van der Waals surface area contributed by atoms with Gasteiger partial charge >= 0.3 is 5.97 Å². The van der Waals surface area contributed by atoms with E-state index in [9.17, 15) is 4.79 Å². The molecule has 1 heterocycles. The van der Waals surface area contributed by atoms with Crippen molar-refractivity contribution in [1.82, 2.24) is 5.32 Å². The Morgan fingerprint density at radius 3 is 2.77 bits per heavy atom. The molecule has 2 N–H and O–H groups in total. The zero-order valence-electron chi connectivity index (χ0n) is 8.17. The van der Waals surface area contributed by atoms with Crippen molar-refractivity contribution in [3.8, 4) is 0 Å². The molecule has 1 unspecified atom stereocenters. The van der Waals surface area contributed by atoms with E-state index < -0.39 is 11.6 Å². The van der Waals surface area contributed by atoms with Gasteiger partial charge in [-0.1, -0.05) is 13.8 Å². The van der Waals surface area contributed by atoms with Crippen LogP contribution in [0, 0.1) is 5.92 Å². The van der Waals surface area contributed by atoms with Crippen LogP contribution >= 0.6 is 0 Å².